The number of nitrogens with zero attached hydrogens (tertiary/aromatic N) is 3. The second kappa shape index (κ2) is 5.24. The van der Waals surface area contributed by atoms with E-state index in [-0.39, 0.29) is 17.4 Å². The number of hydrogen-bond donors (Lipinski definition) is 1. The van der Waals surface area contributed by atoms with Gasteiger partial charge in [-0.1, -0.05) is 11.8 Å². The van der Waals surface area contributed by atoms with Crippen molar-refractivity contribution < 1.29 is 9.42 Å². The first-order valence-corrected chi connectivity index (χ1v) is 4.88. The van der Waals surface area contributed by atoms with Crippen molar-refractivity contribution in [2.45, 2.75) is 11.9 Å². The van der Waals surface area contributed by atoms with E-state index in [4.69, 9.17) is 5.26 Å². The summed E-state index contributed by atoms with van der Waals surface area (Å²) in [7, 11) is 0. The van der Waals surface area contributed by atoms with Crippen molar-refractivity contribution in [1.29, 1.82) is 5.26 Å². The molecular formula is C7H8N4O2S. The van der Waals surface area contributed by atoms with Crippen LogP contribution in [0.4, 0.5) is 0 Å². The lowest BCUT2D eigenvalue weighted by molar-refractivity contribution is -0.118. The number of rotatable bonds is 4. The van der Waals surface area contributed by atoms with Gasteiger partial charge in [0.15, 0.2) is 5.03 Å². The Kier molecular flexibility index (Phi) is 3.94. The van der Waals surface area contributed by atoms with E-state index in [1.165, 1.54) is 0 Å². The van der Waals surface area contributed by atoms with Crippen LogP contribution in [0.1, 0.15) is 12.6 Å². The maximum atomic E-state index is 11.0. The summed E-state index contributed by atoms with van der Waals surface area (Å²) in [5.74, 6) is 0.0980. The van der Waals surface area contributed by atoms with Gasteiger partial charge in [-0.25, -0.2) is 4.63 Å². The smallest absolute Gasteiger partial charge is 0.230 e. The molecule has 0 aliphatic rings. The van der Waals surface area contributed by atoms with Crippen molar-refractivity contribution in [3.63, 3.8) is 0 Å². The Morgan fingerprint density at radius 3 is 3.14 bits per heavy atom. The number of carbonyl (C=O) groups excluding carboxylic acids is 1. The molecule has 0 aliphatic heterocycles. The molecule has 6 nitrogen and oxygen atoms in total. The van der Waals surface area contributed by atoms with Gasteiger partial charge >= 0.3 is 0 Å². The molecule has 1 N–H and O–H groups in total. The first kappa shape index (κ1) is 10.5. The molecule has 0 unspecified atom stereocenters. The molecule has 1 amide bonds. The fraction of sp³-hybridized carbons (Fsp3) is 0.429. The molecule has 1 heterocycles. The van der Waals surface area contributed by atoms with Gasteiger partial charge in [0.25, 0.3) is 0 Å². The van der Waals surface area contributed by atoms with Gasteiger partial charge in [0.05, 0.1) is 5.75 Å². The average molecular weight is 212 g/mol. The zero-order valence-electron chi connectivity index (χ0n) is 7.48. The summed E-state index contributed by atoms with van der Waals surface area (Å²) < 4.78 is 4.35. The Hall–Kier alpha value is -1.55. The maximum Gasteiger partial charge on any atom is 0.230 e. The van der Waals surface area contributed by atoms with Crippen LogP contribution in [0.25, 0.3) is 0 Å². The molecule has 0 radical (unpaired) electrons. The van der Waals surface area contributed by atoms with Gasteiger partial charge in [-0.15, -0.1) is 0 Å². The van der Waals surface area contributed by atoms with E-state index in [0.717, 1.165) is 11.8 Å². The number of nitrogens with one attached hydrogen (secondary N) is 1. The lowest BCUT2D eigenvalue weighted by atomic mass is 10.5. The summed E-state index contributed by atoms with van der Waals surface area (Å²) >= 11 is 1.12. The summed E-state index contributed by atoms with van der Waals surface area (Å²) in [4.78, 5) is 11.0. The van der Waals surface area contributed by atoms with E-state index < -0.39 is 0 Å². The van der Waals surface area contributed by atoms with Gasteiger partial charge in [0.2, 0.25) is 11.6 Å². The van der Waals surface area contributed by atoms with Gasteiger partial charge in [-0.05, 0) is 17.2 Å². The molecule has 14 heavy (non-hydrogen) atoms. The van der Waals surface area contributed by atoms with Crippen LogP contribution in [0.2, 0.25) is 0 Å². The van der Waals surface area contributed by atoms with E-state index in [1.54, 1.807) is 0 Å². The van der Waals surface area contributed by atoms with E-state index in [0.29, 0.717) is 11.6 Å². The minimum atomic E-state index is -0.107. The van der Waals surface area contributed by atoms with Gasteiger partial charge in [0.1, 0.15) is 6.07 Å². The average Bonchev–Trinajstić information content (AvgIpc) is 2.62. The van der Waals surface area contributed by atoms with E-state index in [1.807, 2.05) is 13.0 Å². The fourth-order valence-corrected chi connectivity index (χ4v) is 1.40. The summed E-state index contributed by atoms with van der Waals surface area (Å²) in [5.41, 5.74) is 0.110. The quantitative estimate of drug-likeness (QED) is 0.715. The minimum absolute atomic E-state index is 0.107. The van der Waals surface area contributed by atoms with Gasteiger partial charge in [-0.3, -0.25) is 4.79 Å². The predicted octanol–water partition coefficient (Wildman–Crippen LogP) is 0.169. The molecule has 1 rings (SSSR count). The van der Waals surface area contributed by atoms with Crippen LogP contribution in [0.15, 0.2) is 9.65 Å². The van der Waals surface area contributed by atoms with Gasteiger partial charge in [0, 0.05) is 6.54 Å². The van der Waals surface area contributed by atoms with E-state index >= 15 is 0 Å². The van der Waals surface area contributed by atoms with Crippen LogP contribution in [-0.2, 0) is 4.79 Å². The van der Waals surface area contributed by atoms with Crippen molar-refractivity contribution in [2.24, 2.45) is 0 Å². The largest absolute Gasteiger partial charge is 0.356 e. The third-order valence-corrected chi connectivity index (χ3v) is 2.23. The molecular weight excluding hydrogens is 204 g/mol. The molecule has 0 spiro atoms. The second-order valence-corrected chi connectivity index (χ2v) is 3.24. The zero-order chi connectivity index (χ0) is 10.4. The highest BCUT2D eigenvalue weighted by Gasteiger charge is 2.11. The second-order valence-electron chi connectivity index (χ2n) is 2.27. The molecule has 0 aliphatic carbocycles. The van der Waals surface area contributed by atoms with Crippen LogP contribution >= 0.6 is 11.8 Å². The lowest BCUT2D eigenvalue weighted by Gasteiger charge is -1.98. The Labute approximate surface area is 84.6 Å². The molecule has 74 valence electrons. The summed E-state index contributed by atoms with van der Waals surface area (Å²) in [6, 6.07) is 1.81. The van der Waals surface area contributed by atoms with Crippen molar-refractivity contribution in [3.8, 4) is 6.07 Å². The number of carbonyl (C=O) groups is 1. The van der Waals surface area contributed by atoms with E-state index in [2.05, 4.69) is 20.3 Å². The fourth-order valence-electron chi connectivity index (χ4n) is 0.726. The molecule has 7 heteroatoms. The first-order valence-electron chi connectivity index (χ1n) is 3.90. The monoisotopic (exact) mass is 212 g/mol. The topological polar surface area (TPSA) is 91.8 Å². The highest BCUT2D eigenvalue weighted by Crippen LogP contribution is 2.17. The number of nitriles is 1. The van der Waals surface area contributed by atoms with Crippen molar-refractivity contribution in [3.05, 3.63) is 5.69 Å². The third-order valence-electron chi connectivity index (χ3n) is 1.28. The van der Waals surface area contributed by atoms with Gasteiger partial charge < -0.3 is 5.32 Å². The van der Waals surface area contributed by atoms with Crippen molar-refractivity contribution >= 4 is 17.7 Å². The molecule has 0 aromatic carbocycles. The highest BCUT2D eigenvalue weighted by molar-refractivity contribution is 7.99. The molecule has 1 aromatic heterocycles. The normalized spacial score (nSPS) is 9.43. The van der Waals surface area contributed by atoms with Crippen LogP contribution < -0.4 is 5.32 Å². The lowest BCUT2D eigenvalue weighted by Crippen LogP contribution is -2.24. The third kappa shape index (κ3) is 2.74. The molecule has 1 aromatic rings. The molecule has 0 fully saturated rings. The maximum absolute atomic E-state index is 11.0. The first-order chi connectivity index (χ1) is 6.77. The van der Waals surface area contributed by atoms with Crippen molar-refractivity contribution in [1.82, 2.24) is 15.6 Å². The zero-order valence-corrected chi connectivity index (χ0v) is 8.30. The summed E-state index contributed by atoms with van der Waals surface area (Å²) in [5, 5.41) is 18.4. The van der Waals surface area contributed by atoms with Crippen LogP contribution in [0, 0.1) is 11.3 Å². The Bertz CT molecular complexity index is 357. The Morgan fingerprint density at radius 2 is 2.50 bits per heavy atom. The number of amides is 1. The van der Waals surface area contributed by atoms with Crippen molar-refractivity contribution in [2.75, 3.05) is 12.3 Å². The molecule has 0 bridgehead atoms. The minimum Gasteiger partial charge on any atom is -0.356 e. The summed E-state index contributed by atoms with van der Waals surface area (Å²) in [6.07, 6.45) is 0. The standard InChI is InChI=1S/C7H8N4O2S/c1-2-9-6(12)4-14-7-5(3-8)10-13-11-7/h2,4H2,1H3,(H,9,12). The van der Waals surface area contributed by atoms with E-state index in [9.17, 15) is 4.79 Å². The Morgan fingerprint density at radius 1 is 1.71 bits per heavy atom. The van der Waals surface area contributed by atoms with Crippen LogP contribution in [-0.4, -0.2) is 28.5 Å². The predicted molar refractivity (Wildman–Crippen MR) is 48.4 cm³/mol. The number of aromatic nitrogens is 2. The Balaban J connectivity index is 2.46. The van der Waals surface area contributed by atoms with Gasteiger partial charge in [-0.2, -0.15) is 5.26 Å². The molecule has 0 atom stereocenters. The highest BCUT2D eigenvalue weighted by atomic mass is 32.2. The number of thioether (sulfide) groups is 1. The molecule has 0 saturated heterocycles. The number of hydrogen-bond acceptors (Lipinski definition) is 6. The van der Waals surface area contributed by atoms with Crippen LogP contribution in [0.3, 0.4) is 0 Å². The van der Waals surface area contributed by atoms with Crippen LogP contribution in [0.5, 0.6) is 0 Å². The summed E-state index contributed by atoms with van der Waals surface area (Å²) in [6.45, 7) is 2.42. The molecule has 0 saturated carbocycles. The SMILES string of the molecule is CCNC(=O)CSc1nonc1C#N.